The normalized spacial score (nSPS) is 17.2. The van der Waals surface area contributed by atoms with Gasteiger partial charge in [0.2, 0.25) is 17.7 Å². The summed E-state index contributed by atoms with van der Waals surface area (Å²) >= 11 is 0. The number of phenols is 1. The number of likely N-dealkylation sites (tertiary alicyclic amines) is 1. The van der Waals surface area contributed by atoms with Gasteiger partial charge >= 0.3 is 5.97 Å². The quantitative estimate of drug-likeness (QED) is 0.0370. The van der Waals surface area contributed by atoms with Gasteiger partial charge in [-0.1, -0.05) is 24.3 Å². The smallest absolute Gasteiger partial charge is 0.326 e. The molecule has 1 fully saturated rings. The standard InChI is InChI=1S/C35H46N8O9/c1-18(44)28(40-21-13-14-25(45)27-26(21)29(46)19-8-2-3-9-20(19)30(27)47)32(49)41-22(10-4-5-15-36)33(50)43-17-7-12-24(43)31(48)42-23(34(51)52)11-6-16-39-35(37)38/h2-3,8-9,13-14,18,22-24,28,40,44-45H,4-7,10-12,15-17,36H2,1H3,(H,41,49)(H,42,48)(H,51,52)(H4,37,38,39)/t18-,22+,23+,24+,28+/m1/s1. The molecule has 1 heterocycles. The minimum atomic E-state index is -1.44. The summed E-state index contributed by atoms with van der Waals surface area (Å²) in [6.45, 7) is 2.00. The van der Waals surface area contributed by atoms with Crippen molar-refractivity contribution in [3.63, 3.8) is 0 Å². The molecule has 17 nitrogen and oxygen atoms in total. The molecule has 0 aromatic heterocycles. The van der Waals surface area contributed by atoms with Crippen LogP contribution in [0.2, 0.25) is 0 Å². The fraction of sp³-hybridized carbons (Fsp3) is 0.457. The Balaban J connectivity index is 1.54. The Morgan fingerprint density at radius 1 is 0.942 bits per heavy atom. The number of aliphatic hydroxyl groups excluding tert-OH is 1. The third-order valence-electron chi connectivity index (χ3n) is 9.09. The number of carbonyl (C=O) groups excluding carboxylic acids is 5. The van der Waals surface area contributed by atoms with Gasteiger partial charge in [-0.15, -0.1) is 0 Å². The lowest BCUT2D eigenvalue weighted by molar-refractivity contribution is -0.145. The molecular weight excluding hydrogens is 676 g/mol. The van der Waals surface area contributed by atoms with Crippen LogP contribution < -0.4 is 33.2 Å². The van der Waals surface area contributed by atoms with Crippen molar-refractivity contribution in [2.45, 2.75) is 82.1 Å². The summed E-state index contributed by atoms with van der Waals surface area (Å²) in [6, 6.07) is 3.81. The molecule has 0 saturated carbocycles. The number of hydrogen-bond donors (Lipinski definition) is 9. The maximum atomic E-state index is 14.0. The molecule has 0 radical (unpaired) electrons. The number of unbranched alkanes of at least 4 members (excludes halogenated alkanes) is 1. The number of rotatable bonds is 17. The van der Waals surface area contributed by atoms with Gasteiger partial charge in [0, 0.05) is 29.9 Å². The number of aromatic hydroxyl groups is 1. The van der Waals surface area contributed by atoms with Gasteiger partial charge in [0.15, 0.2) is 17.5 Å². The van der Waals surface area contributed by atoms with Crippen LogP contribution >= 0.6 is 0 Å². The number of ketones is 2. The first kappa shape index (κ1) is 39.2. The lowest BCUT2D eigenvalue weighted by Gasteiger charge is -2.31. The van der Waals surface area contributed by atoms with Crippen LogP contribution in [0.5, 0.6) is 5.75 Å². The summed E-state index contributed by atoms with van der Waals surface area (Å²) in [4.78, 5) is 85.1. The second-order valence-electron chi connectivity index (χ2n) is 12.8. The monoisotopic (exact) mass is 722 g/mol. The molecule has 1 saturated heterocycles. The average molecular weight is 723 g/mol. The van der Waals surface area contributed by atoms with Gasteiger partial charge in [-0.3, -0.25) is 29.0 Å². The molecular formula is C35H46N8O9. The van der Waals surface area contributed by atoms with E-state index in [4.69, 9.17) is 17.2 Å². The zero-order valence-corrected chi connectivity index (χ0v) is 28.8. The van der Waals surface area contributed by atoms with E-state index in [0.29, 0.717) is 25.8 Å². The number of nitrogens with zero attached hydrogens (tertiary/aromatic N) is 2. The molecule has 280 valence electrons. The van der Waals surface area contributed by atoms with Crippen LogP contribution in [-0.4, -0.2) is 111 Å². The minimum absolute atomic E-state index is 0.00951. The van der Waals surface area contributed by atoms with E-state index >= 15 is 0 Å². The molecule has 1 aliphatic carbocycles. The van der Waals surface area contributed by atoms with Crippen molar-refractivity contribution in [2.24, 2.45) is 22.2 Å². The van der Waals surface area contributed by atoms with Crippen molar-refractivity contribution in [1.82, 2.24) is 15.5 Å². The van der Waals surface area contributed by atoms with Crippen LogP contribution in [0.3, 0.4) is 0 Å². The lowest BCUT2D eigenvalue weighted by atomic mass is 9.82. The molecule has 0 unspecified atom stereocenters. The number of carbonyl (C=O) groups is 6. The number of guanidine groups is 1. The predicted octanol–water partition coefficient (Wildman–Crippen LogP) is -0.443. The maximum Gasteiger partial charge on any atom is 0.326 e. The summed E-state index contributed by atoms with van der Waals surface area (Å²) in [5.41, 5.74) is 16.1. The molecule has 2 aliphatic rings. The average Bonchev–Trinajstić information content (AvgIpc) is 3.60. The number of nitrogens with two attached hydrogens (primary N) is 3. The molecule has 3 amide bonds. The molecule has 0 bridgehead atoms. The summed E-state index contributed by atoms with van der Waals surface area (Å²) < 4.78 is 0. The van der Waals surface area contributed by atoms with Crippen molar-refractivity contribution >= 4 is 46.9 Å². The highest BCUT2D eigenvalue weighted by Crippen LogP contribution is 2.37. The molecule has 1 aliphatic heterocycles. The van der Waals surface area contributed by atoms with Gasteiger partial charge < -0.3 is 53.4 Å². The number of nitrogens with one attached hydrogen (secondary N) is 3. The highest BCUT2D eigenvalue weighted by molar-refractivity contribution is 6.31. The number of phenolic OH excluding ortho intramolecular Hbond substituents is 1. The first-order valence-corrected chi connectivity index (χ1v) is 17.1. The fourth-order valence-electron chi connectivity index (χ4n) is 6.44. The van der Waals surface area contributed by atoms with Crippen LogP contribution in [-0.2, 0) is 19.2 Å². The minimum Gasteiger partial charge on any atom is -0.507 e. The first-order chi connectivity index (χ1) is 24.8. The second-order valence-corrected chi connectivity index (χ2v) is 12.8. The van der Waals surface area contributed by atoms with Crippen molar-refractivity contribution in [3.05, 3.63) is 58.7 Å². The van der Waals surface area contributed by atoms with Gasteiger partial charge in [0.1, 0.15) is 29.9 Å². The van der Waals surface area contributed by atoms with E-state index in [2.05, 4.69) is 20.9 Å². The van der Waals surface area contributed by atoms with Crippen LogP contribution in [0.25, 0.3) is 0 Å². The third-order valence-corrected chi connectivity index (χ3v) is 9.09. The van der Waals surface area contributed by atoms with Crippen LogP contribution in [0.1, 0.15) is 83.7 Å². The van der Waals surface area contributed by atoms with E-state index in [1.807, 2.05) is 0 Å². The van der Waals surface area contributed by atoms with E-state index in [1.54, 1.807) is 12.1 Å². The number of amides is 3. The van der Waals surface area contributed by atoms with Crippen LogP contribution in [0.4, 0.5) is 5.69 Å². The predicted molar refractivity (Wildman–Crippen MR) is 190 cm³/mol. The van der Waals surface area contributed by atoms with Crippen molar-refractivity contribution < 1.29 is 44.1 Å². The van der Waals surface area contributed by atoms with Gasteiger partial charge in [0.25, 0.3) is 0 Å². The van der Waals surface area contributed by atoms with E-state index in [0.717, 1.165) is 0 Å². The molecule has 12 N–H and O–H groups in total. The van der Waals surface area contributed by atoms with Gasteiger partial charge in [0.05, 0.1) is 17.2 Å². The summed E-state index contributed by atoms with van der Waals surface area (Å²) in [5.74, 6) is -5.04. The Kier molecular flexibility index (Phi) is 13.3. The molecule has 17 heteroatoms. The summed E-state index contributed by atoms with van der Waals surface area (Å²) in [6.07, 6.45) is 0.760. The van der Waals surface area contributed by atoms with E-state index < -0.39 is 71.3 Å². The summed E-state index contributed by atoms with van der Waals surface area (Å²) in [7, 11) is 0. The van der Waals surface area contributed by atoms with Gasteiger partial charge in [-0.2, -0.15) is 0 Å². The van der Waals surface area contributed by atoms with Crippen molar-refractivity contribution in [2.75, 3.05) is 25.0 Å². The molecule has 0 spiro atoms. The molecule has 5 atom stereocenters. The molecule has 2 aromatic rings. The number of anilines is 1. The van der Waals surface area contributed by atoms with E-state index in [9.17, 15) is 44.1 Å². The zero-order valence-electron chi connectivity index (χ0n) is 28.8. The Morgan fingerprint density at radius 3 is 2.21 bits per heavy atom. The number of fused-ring (bicyclic) bond motifs is 2. The Hall–Kier alpha value is -5.55. The first-order valence-electron chi connectivity index (χ1n) is 17.1. The van der Waals surface area contributed by atoms with Crippen molar-refractivity contribution in [3.8, 4) is 5.75 Å². The van der Waals surface area contributed by atoms with E-state index in [-0.39, 0.29) is 72.7 Å². The number of carboxylic acids is 1. The van der Waals surface area contributed by atoms with Crippen LogP contribution in [0.15, 0.2) is 41.4 Å². The third kappa shape index (κ3) is 9.02. The zero-order chi connectivity index (χ0) is 38.1. The number of hydrogen-bond acceptors (Lipinski definition) is 11. The van der Waals surface area contributed by atoms with Crippen molar-refractivity contribution in [1.29, 1.82) is 0 Å². The van der Waals surface area contributed by atoms with Gasteiger partial charge in [-0.05, 0) is 70.5 Å². The lowest BCUT2D eigenvalue weighted by Crippen LogP contribution is -2.57. The Labute approximate surface area is 300 Å². The Bertz CT molecular complexity index is 1730. The van der Waals surface area contributed by atoms with Gasteiger partial charge in [-0.25, -0.2) is 4.79 Å². The number of benzene rings is 2. The second kappa shape index (κ2) is 17.6. The molecule has 2 aromatic carbocycles. The number of aliphatic hydroxyl groups is 1. The largest absolute Gasteiger partial charge is 0.507 e. The van der Waals surface area contributed by atoms with Crippen LogP contribution in [0, 0.1) is 0 Å². The number of carboxylic acid groups (broad SMARTS) is 1. The topological polar surface area (TPSA) is 293 Å². The molecule has 52 heavy (non-hydrogen) atoms. The number of aliphatic imine (C=N–C) groups is 1. The molecule has 4 rings (SSSR count). The summed E-state index contributed by atoms with van der Waals surface area (Å²) in [5, 5.41) is 39.1. The van der Waals surface area contributed by atoms with E-state index in [1.165, 1.54) is 36.1 Å². The fourth-order valence-corrected chi connectivity index (χ4v) is 6.44. The SMILES string of the molecule is C[C@@H](O)[C@H](Nc1ccc(O)c2c1C(=O)c1ccccc1C2=O)C(=O)N[C@@H](CCCCN)C(=O)N1CCC[C@H]1C(=O)N[C@@H](CCCN=C(N)N)C(=O)O. The maximum absolute atomic E-state index is 14.0. The Morgan fingerprint density at radius 2 is 1.60 bits per heavy atom. The number of aliphatic carboxylic acids is 1. The highest BCUT2D eigenvalue weighted by atomic mass is 16.4. The highest BCUT2D eigenvalue weighted by Gasteiger charge is 2.40.